The standard InChI is InChI=1S/C18H22N.C15H28N2O3S.C14H27N3O3S.C13H20N4O.C10H20N4.C8H17N3.2CH4.2ClH/c1-2-7-11-18(10-6-1)19-14-12-17(13-15-19)16-8-4-3-5-9-16;1-12-8-10-14(11-9-12)21(19,20)17-15(18)16-13-6-4-2-3-5-7-13;15-11-7-9-13(10-8-11)21(19,20)17-14(18)16-12-5-3-1-2-4-6-12;1-10-14-9-8-12(15-10)17-13(18)16-11-6-4-2-3-5-7-11;1-8(11)13-10(12)14-9-6-4-2-3-5-7-9;9-8(10)11-7-5-3-1-2-4-6-7;;;;/h3-5,8-9,12-15,18H,1-2,6-7,10-11H2;12-14H,2-11H2,1H3,(H2,16,17,18);11-13H,1-10,15H2,(H2,16,17,18);8-9,11H,2-7H2,1H3,(H2,14,15,16,17,18);9H,2-7H2,1H3,(H4,11,12,13,14);7H,1-6H2,(H4,9,10,11);2*1H4;2*1H/q+1;;;;;;;;;/p-1. The molecule has 11 rings (SSSR count). The summed E-state index contributed by atoms with van der Waals surface area (Å²) in [4.78, 5) is 55.2. The first-order valence-electron chi connectivity index (χ1n) is 40.2. The Balaban J connectivity index is 0.000000442. The molecule has 8 aliphatic rings. The van der Waals surface area contributed by atoms with Gasteiger partial charge in [0.25, 0.3) is 0 Å². The zero-order valence-electron chi connectivity index (χ0n) is 64.3. The maximum atomic E-state index is 12.2. The van der Waals surface area contributed by atoms with E-state index in [1.54, 1.807) is 26.1 Å². The Bertz CT molecular complexity index is 3130. The van der Waals surface area contributed by atoms with E-state index >= 15 is 0 Å². The molecule has 0 bridgehead atoms. The van der Waals surface area contributed by atoms with Crippen LogP contribution in [0.25, 0.3) is 11.1 Å². The first kappa shape index (κ1) is 98.0. The molecule has 24 nitrogen and oxygen atoms in total. The number of aliphatic imine (C=N–C) groups is 2. The second kappa shape index (κ2) is 55.3. The number of rotatable bonds is 12. The fraction of sp³-hybridized carbons (Fsp3) is 0.738. The van der Waals surface area contributed by atoms with E-state index < -0.39 is 42.6 Å². The number of benzene rings is 1. The molecule has 1 aromatic carbocycles. The van der Waals surface area contributed by atoms with Crippen molar-refractivity contribution in [1.29, 1.82) is 0 Å². The number of sulfonamides is 2. The number of urea groups is 3. The van der Waals surface area contributed by atoms with Gasteiger partial charge in [0.1, 0.15) is 11.6 Å². The van der Waals surface area contributed by atoms with E-state index in [0.29, 0.717) is 92.0 Å². The third-order valence-electron chi connectivity index (χ3n) is 21.5. The van der Waals surface area contributed by atoms with Gasteiger partial charge in [0.2, 0.25) is 20.0 Å². The van der Waals surface area contributed by atoms with Gasteiger partial charge in [-0.1, -0.05) is 198 Å². The number of guanidine groups is 2. The average Bonchev–Trinajstić information content (AvgIpc) is 0.922. The summed E-state index contributed by atoms with van der Waals surface area (Å²) in [5, 5.41) is 10.5. The number of nitrogens with two attached hydrogens (primary N) is 5. The molecule has 6 amide bonds. The molecule has 17 N–H and O–H groups in total. The van der Waals surface area contributed by atoms with E-state index in [1.807, 2.05) is 0 Å². The number of anilines is 1. The number of aromatic nitrogens is 3. The normalized spacial score (nSPS) is 21.9. The third-order valence-corrected chi connectivity index (χ3v) is 25.1. The number of halogens is 2. The van der Waals surface area contributed by atoms with Crippen molar-refractivity contribution in [3.05, 3.63) is 72.9 Å². The van der Waals surface area contributed by atoms with Gasteiger partial charge in [-0.25, -0.2) is 55.2 Å². The van der Waals surface area contributed by atoms with Gasteiger partial charge in [-0.3, -0.25) is 21.0 Å². The van der Waals surface area contributed by atoms with Gasteiger partial charge in [0, 0.05) is 62.3 Å². The van der Waals surface area contributed by atoms with Crippen LogP contribution in [-0.4, -0.2) is 109 Å². The molecule has 2 aromatic heterocycles. The second-order valence-corrected chi connectivity index (χ2v) is 34.5. The lowest BCUT2D eigenvalue weighted by atomic mass is 9.91. The maximum absolute atomic E-state index is 12.2. The Morgan fingerprint density at radius 1 is 0.491 bits per heavy atom. The molecule has 2 heterocycles. The van der Waals surface area contributed by atoms with Crippen LogP contribution in [0, 0.1) is 12.8 Å². The smallest absolute Gasteiger partial charge is 0.384 e. The van der Waals surface area contributed by atoms with E-state index in [1.165, 1.54) is 165 Å². The Labute approximate surface area is 663 Å². The largest absolute Gasteiger partial charge is 1.00 e. The molecular weight excluding hydrogens is 1450 g/mol. The first-order chi connectivity index (χ1) is 50.1. The molecule has 0 aliphatic heterocycles. The lowest BCUT2D eigenvalue weighted by Gasteiger charge is -2.26. The van der Waals surface area contributed by atoms with Crippen molar-refractivity contribution >= 4 is 61.7 Å². The predicted molar refractivity (Wildman–Crippen MR) is 435 cm³/mol. The molecule has 8 fully saturated rings. The summed E-state index contributed by atoms with van der Waals surface area (Å²) in [7, 11) is -7.11. The number of aryl methyl sites for hydroxylation is 1. The van der Waals surface area contributed by atoms with Gasteiger partial charge < -0.3 is 63.7 Å². The van der Waals surface area contributed by atoms with Crippen LogP contribution in [0.3, 0.4) is 0 Å². The number of carbonyl (C=O) groups is 3. The van der Waals surface area contributed by atoms with Gasteiger partial charge in [-0.2, -0.15) is 0 Å². The van der Waals surface area contributed by atoms with E-state index in [0.717, 1.165) is 89.9 Å². The van der Waals surface area contributed by atoms with E-state index in [-0.39, 0.29) is 69.8 Å². The Morgan fingerprint density at radius 3 is 1.28 bits per heavy atom. The lowest BCUT2D eigenvalue weighted by molar-refractivity contribution is -0.724. The monoisotopic (exact) mass is 1590 g/mol. The fourth-order valence-electron chi connectivity index (χ4n) is 15.4. The molecule has 8 aliphatic carbocycles. The van der Waals surface area contributed by atoms with Crippen LogP contribution < -0.4 is 93.8 Å². The first-order valence-corrected chi connectivity index (χ1v) is 43.3. The Morgan fingerprint density at radius 2 is 0.870 bits per heavy atom. The third kappa shape index (κ3) is 41.3. The minimum atomic E-state index is -3.58. The van der Waals surface area contributed by atoms with Gasteiger partial charge in [0.05, 0.1) is 22.6 Å². The molecule has 3 aromatic rings. The molecule has 0 spiro atoms. The average molecular weight is 1590 g/mol. The lowest BCUT2D eigenvalue weighted by Crippen LogP contribution is -3.00. The van der Waals surface area contributed by atoms with Gasteiger partial charge in [-0.15, -0.1) is 0 Å². The van der Waals surface area contributed by atoms with Crippen LogP contribution >= 0.6 is 0 Å². The molecule has 108 heavy (non-hydrogen) atoms. The number of hydrogen-bond acceptors (Lipinski definition) is 11. The number of hydrogen-bond donors (Lipinski definition) is 12. The highest BCUT2D eigenvalue weighted by Gasteiger charge is 2.33. The van der Waals surface area contributed by atoms with Crippen molar-refractivity contribution in [1.82, 2.24) is 35.4 Å². The number of carbonyl (C=O) groups excluding carboxylic acids is 3. The quantitative estimate of drug-likeness (QED) is 0.0363. The van der Waals surface area contributed by atoms with Crippen LogP contribution in [0.5, 0.6) is 0 Å². The van der Waals surface area contributed by atoms with Crippen LogP contribution in [0.1, 0.15) is 323 Å². The zero-order chi connectivity index (χ0) is 74.8. The molecule has 0 saturated heterocycles. The van der Waals surface area contributed by atoms with Gasteiger partial charge in [0.15, 0.2) is 30.2 Å². The Kier molecular flexibility index (Phi) is 50.2. The van der Waals surface area contributed by atoms with Crippen molar-refractivity contribution in [2.75, 3.05) is 5.32 Å². The summed E-state index contributed by atoms with van der Waals surface area (Å²) in [5.74, 6) is 3.00. The second-order valence-electron chi connectivity index (χ2n) is 30.5. The van der Waals surface area contributed by atoms with Crippen molar-refractivity contribution in [3.8, 4) is 11.1 Å². The van der Waals surface area contributed by atoms with E-state index in [2.05, 4.69) is 122 Å². The topological polar surface area (TPSA) is 390 Å². The van der Waals surface area contributed by atoms with Crippen LogP contribution in [0.15, 0.2) is 77.1 Å². The summed E-state index contributed by atoms with van der Waals surface area (Å²) in [5.41, 5.74) is 30.1. The minimum Gasteiger partial charge on any atom is -1.00 e. The highest BCUT2D eigenvalue weighted by atomic mass is 35.5. The minimum absolute atomic E-state index is 0. The molecule has 0 unspecified atom stereocenters. The van der Waals surface area contributed by atoms with Crippen LogP contribution in [0.4, 0.5) is 20.2 Å². The van der Waals surface area contributed by atoms with Gasteiger partial charge >= 0.3 is 24.1 Å². The summed E-state index contributed by atoms with van der Waals surface area (Å²) >= 11 is 0. The fourth-order valence-corrected chi connectivity index (χ4v) is 18.2. The maximum Gasteiger partial charge on any atom is 0.384 e. The van der Waals surface area contributed by atoms with Crippen molar-refractivity contribution < 1.29 is 65.6 Å². The predicted octanol–water partition coefficient (Wildman–Crippen LogP) is 7.44. The number of nitrogens with zero attached hydrogens (tertiary/aromatic N) is 5. The molecule has 28 heteroatoms. The SMILES string of the molecule is C.C.CC(N)=NC(N)=[NH+]C1CCCCCC1.CC1CCC(S(=O)(=O)NC(=O)NC2CCCCCC2)CC1.Cc1nccc(NC(=O)NC2CCCCCC2)n1.NC(N)=NC1CCCCCC1.NC1CCC(S(=O)(=O)NC(=O)NC2CCCCCC2)CC1.[Cl-].[Cl-].c1ccc(-c2cc[n+](C3CCCCCC3)cc2)cc1. The van der Waals surface area contributed by atoms with E-state index in [9.17, 15) is 31.2 Å². The number of pyridine rings is 1. The van der Waals surface area contributed by atoms with Crippen LogP contribution in [0.2, 0.25) is 0 Å². The molecule has 0 radical (unpaired) electrons. The van der Waals surface area contributed by atoms with Crippen molar-refractivity contribution in [2.45, 2.75) is 371 Å². The molecular formula is C80H143Cl2N17O7S2. The Hall–Kier alpha value is -6.09. The summed E-state index contributed by atoms with van der Waals surface area (Å²) in [6.45, 7) is 5.69. The zero-order valence-corrected chi connectivity index (χ0v) is 67.4. The summed E-state index contributed by atoms with van der Waals surface area (Å²) in [6.07, 6.45) is 55.5. The van der Waals surface area contributed by atoms with Gasteiger partial charge in [-0.05, 0) is 158 Å². The van der Waals surface area contributed by atoms with E-state index in [4.69, 9.17) is 28.7 Å². The summed E-state index contributed by atoms with van der Waals surface area (Å²) < 4.78 is 55.7. The molecule has 616 valence electrons. The van der Waals surface area contributed by atoms with Crippen molar-refractivity contribution in [3.63, 3.8) is 0 Å². The number of amides is 6. The number of amidine groups is 1. The molecule has 8 saturated carbocycles. The highest BCUT2D eigenvalue weighted by molar-refractivity contribution is 7.91. The van der Waals surface area contributed by atoms with Crippen LogP contribution in [-0.2, 0) is 20.0 Å². The number of nitrogens with one attached hydrogen (secondary N) is 7. The van der Waals surface area contributed by atoms with Crippen molar-refractivity contribution in [2.24, 2.45) is 44.6 Å². The highest BCUT2D eigenvalue weighted by Crippen LogP contribution is 2.29. The molecule has 0 atom stereocenters. The summed E-state index contributed by atoms with van der Waals surface area (Å²) in [6, 6.07) is 17.7.